The minimum absolute atomic E-state index is 0.0998. The molecule has 114 valence electrons. The molecule has 2 aromatic rings. The van der Waals surface area contributed by atoms with Crippen molar-refractivity contribution in [3.05, 3.63) is 35.1 Å². The van der Waals surface area contributed by atoms with Crippen LogP contribution in [0.4, 0.5) is 0 Å². The van der Waals surface area contributed by atoms with Crippen LogP contribution in [0.25, 0.3) is 10.8 Å². The van der Waals surface area contributed by atoms with Crippen molar-refractivity contribution in [3.63, 3.8) is 0 Å². The van der Waals surface area contributed by atoms with Crippen molar-refractivity contribution in [1.29, 1.82) is 0 Å². The number of likely N-dealkylation sites (tertiary alicyclic amines) is 1. The number of halogens is 1. The van der Waals surface area contributed by atoms with E-state index in [0.717, 1.165) is 0 Å². The van der Waals surface area contributed by atoms with Gasteiger partial charge in [-0.1, -0.05) is 35.9 Å². The van der Waals surface area contributed by atoms with Crippen LogP contribution >= 0.6 is 11.6 Å². The Kier molecular flexibility index (Phi) is 3.62. The molecule has 0 bridgehead atoms. The maximum absolute atomic E-state index is 12.6. The molecule has 1 amide bonds. The van der Waals surface area contributed by atoms with Crippen molar-refractivity contribution in [2.24, 2.45) is 0 Å². The molecular weight excluding hydrogens is 308 g/mol. The second-order valence-electron chi connectivity index (χ2n) is 5.14. The van der Waals surface area contributed by atoms with E-state index in [2.05, 4.69) is 4.98 Å². The van der Waals surface area contributed by atoms with Gasteiger partial charge in [0.15, 0.2) is 11.4 Å². The third-order valence-corrected chi connectivity index (χ3v) is 4.13. The van der Waals surface area contributed by atoms with Crippen LogP contribution in [0.1, 0.15) is 23.3 Å². The van der Waals surface area contributed by atoms with Gasteiger partial charge < -0.3 is 15.1 Å². The molecule has 1 atom stereocenters. The topological polar surface area (TPSA) is 90.7 Å². The first kappa shape index (κ1) is 14.6. The van der Waals surface area contributed by atoms with Crippen molar-refractivity contribution >= 4 is 34.2 Å². The number of pyridine rings is 1. The molecule has 1 aliphatic heterocycles. The molecule has 0 aliphatic carbocycles. The average Bonchev–Trinajstić information content (AvgIpc) is 3.00. The predicted octanol–water partition coefficient (Wildman–Crippen LogP) is 2.28. The van der Waals surface area contributed by atoms with Gasteiger partial charge in [0.05, 0.1) is 0 Å². The van der Waals surface area contributed by atoms with E-state index in [4.69, 9.17) is 11.6 Å². The summed E-state index contributed by atoms with van der Waals surface area (Å²) in [7, 11) is 0. The molecular formula is C15H13ClN2O4. The lowest BCUT2D eigenvalue weighted by Gasteiger charge is -2.21. The zero-order valence-electron chi connectivity index (χ0n) is 11.5. The number of carboxylic acid groups (broad SMARTS) is 1. The average molecular weight is 321 g/mol. The highest BCUT2D eigenvalue weighted by molar-refractivity contribution is 6.34. The number of hydrogen-bond acceptors (Lipinski definition) is 4. The molecule has 1 aromatic heterocycles. The molecule has 0 radical (unpaired) electrons. The van der Waals surface area contributed by atoms with Crippen molar-refractivity contribution < 1.29 is 19.8 Å². The maximum Gasteiger partial charge on any atom is 0.326 e. The summed E-state index contributed by atoms with van der Waals surface area (Å²) in [4.78, 5) is 29.0. The second kappa shape index (κ2) is 5.46. The molecule has 22 heavy (non-hydrogen) atoms. The fourth-order valence-corrected chi connectivity index (χ4v) is 3.01. The Morgan fingerprint density at radius 1 is 1.27 bits per heavy atom. The van der Waals surface area contributed by atoms with Crippen molar-refractivity contribution in [2.45, 2.75) is 18.9 Å². The summed E-state index contributed by atoms with van der Waals surface area (Å²) >= 11 is 6.07. The molecule has 2 N–H and O–H groups in total. The molecule has 1 fully saturated rings. The van der Waals surface area contributed by atoms with Gasteiger partial charge in [0.25, 0.3) is 5.91 Å². The van der Waals surface area contributed by atoms with Crippen LogP contribution in [-0.2, 0) is 4.79 Å². The van der Waals surface area contributed by atoms with Crippen LogP contribution in [0.15, 0.2) is 24.3 Å². The molecule has 1 saturated heterocycles. The number of fused-ring (bicyclic) bond motifs is 1. The lowest BCUT2D eigenvalue weighted by molar-refractivity contribution is -0.141. The van der Waals surface area contributed by atoms with Gasteiger partial charge in [-0.25, -0.2) is 9.78 Å². The van der Waals surface area contributed by atoms with Gasteiger partial charge in [0.2, 0.25) is 0 Å². The Labute approximate surface area is 130 Å². The van der Waals surface area contributed by atoms with Crippen LogP contribution in [-0.4, -0.2) is 44.6 Å². The zero-order valence-corrected chi connectivity index (χ0v) is 12.2. The van der Waals surface area contributed by atoms with E-state index in [1.807, 2.05) is 0 Å². The van der Waals surface area contributed by atoms with E-state index in [1.54, 1.807) is 24.3 Å². The van der Waals surface area contributed by atoms with Crippen molar-refractivity contribution in [2.75, 3.05) is 6.54 Å². The van der Waals surface area contributed by atoms with E-state index in [1.165, 1.54) is 4.90 Å². The molecule has 2 heterocycles. The van der Waals surface area contributed by atoms with Crippen LogP contribution in [0.2, 0.25) is 5.15 Å². The highest BCUT2D eigenvalue weighted by atomic mass is 35.5. The highest BCUT2D eigenvalue weighted by Crippen LogP contribution is 2.33. The molecule has 0 spiro atoms. The third kappa shape index (κ3) is 2.25. The maximum atomic E-state index is 12.6. The molecule has 1 aliphatic rings. The number of carbonyl (C=O) groups is 2. The minimum Gasteiger partial charge on any atom is -0.505 e. The first-order valence-electron chi connectivity index (χ1n) is 6.81. The largest absolute Gasteiger partial charge is 0.505 e. The first-order chi connectivity index (χ1) is 10.5. The summed E-state index contributed by atoms with van der Waals surface area (Å²) in [5.41, 5.74) is -0.211. The number of amides is 1. The van der Waals surface area contributed by atoms with E-state index >= 15 is 0 Å². The number of nitrogens with zero attached hydrogens (tertiary/aromatic N) is 2. The second-order valence-corrected chi connectivity index (χ2v) is 5.50. The van der Waals surface area contributed by atoms with Gasteiger partial charge in [0, 0.05) is 17.3 Å². The predicted molar refractivity (Wildman–Crippen MR) is 80.1 cm³/mol. The minimum atomic E-state index is -1.06. The summed E-state index contributed by atoms with van der Waals surface area (Å²) in [5.74, 6) is -1.95. The molecule has 7 heteroatoms. The Hall–Kier alpha value is -2.34. The summed E-state index contributed by atoms with van der Waals surface area (Å²) in [5, 5.41) is 20.5. The van der Waals surface area contributed by atoms with Gasteiger partial charge >= 0.3 is 5.97 Å². The zero-order chi connectivity index (χ0) is 15.9. The van der Waals surface area contributed by atoms with Crippen LogP contribution in [0.3, 0.4) is 0 Å². The van der Waals surface area contributed by atoms with Gasteiger partial charge in [-0.05, 0) is 12.8 Å². The number of benzene rings is 1. The van der Waals surface area contributed by atoms with E-state index in [-0.39, 0.29) is 16.6 Å². The van der Waals surface area contributed by atoms with Crippen molar-refractivity contribution in [3.8, 4) is 5.75 Å². The quantitative estimate of drug-likeness (QED) is 0.828. The molecule has 3 rings (SSSR count). The van der Waals surface area contributed by atoms with Gasteiger partial charge in [-0.3, -0.25) is 4.79 Å². The summed E-state index contributed by atoms with van der Waals surface area (Å²) in [6, 6.07) is 5.89. The summed E-state index contributed by atoms with van der Waals surface area (Å²) in [6.07, 6.45) is 0.994. The fraction of sp³-hybridized carbons (Fsp3) is 0.267. The highest BCUT2D eigenvalue weighted by Gasteiger charge is 2.36. The van der Waals surface area contributed by atoms with Crippen LogP contribution < -0.4 is 0 Å². The van der Waals surface area contributed by atoms with Gasteiger partial charge in [0.1, 0.15) is 11.2 Å². The lowest BCUT2D eigenvalue weighted by Crippen LogP contribution is -2.40. The lowest BCUT2D eigenvalue weighted by atomic mass is 10.1. The van der Waals surface area contributed by atoms with E-state index in [9.17, 15) is 19.8 Å². The number of carbonyl (C=O) groups excluding carboxylic acids is 1. The van der Waals surface area contributed by atoms with Crippen molar-refractivity contribution in [1.82, 2.24) is 9.88 Å². The summed E-state index contributed by atoms with van der Waals surface area (Å²) in [6.45, 7) is 0.321. The Balaban J connectivity index is 2.08. The third-order valence-electron chi connectivity index (χ3n) is 3.84. The van der Waals surface area contributed by atoms with E-state index in [0.29, 0.717) is 30.2 Å². The Morgan fingerprint density at radius 2 is 1.95 bits per heavy atom. The number of hydrogen-bond donors (Lipinski definition) is 2. The number of aromatic nitrogens is 1. The Bertz CT molecular complexity index is 777. The summed E-state index contributed by atoms with van der Waals surface area (Å²) < 4.78 is 0. The molecule has 1 aromatic carbocycles. The van der Waals surface area contributed by atoms with Crippen LogP contribution in [0, 0.1) is 0 Å². The SMILES string of the molecule is O=C(O)[C@@H]1CCCN1C(=O)c1nc(Cl)c2ccccc2c1O. The van der Waals surface area contributed by atoms with Crippen LogP contribution in [0.5, 0.6) is 5.75 Å². The normalized spacial score (nSPS) is 17.9. The Morgan fingerprint density at radius 3 is 2.64 bits per heavy atom. The number of aromatic hydroxyl groups is 1. The van der Waals surface area contributed by atoms with Gasteiger partial charge in [-0.15, -0.1) is 0 Å². The standard InChI is InChI=1S/C15H13ClN2O4/c16-13-9-5-2-1-4-8(9)12(19)11(17-13)14(20)18-7-3-6-10(18)15(21)22/h1-2,4-5,10,19H,3,6-7H2,(H,21,22)/t10-/m0/s1. The molecule has 0 saturated carbocycles. The number of aliphatic carboxylic acids is 1. The van der Waals surface area contributed by atoms with E-state index < -0.39 is 17.9 Å². The molecule has 0 unspecified atom stereocenters. The van der Waals surface area contributed by atoms with Gasteiger partial charge in [-0.2, -0.15) is 0 Å². The fourth-order valence-electron chi connectivity index (χ4n) is 2.76. The first-order valence-corrected chi connectivity index (χ1v) is 7.19. The number of rotatable bonds is 2. The number of carboxylic acids is 1. The smallest absolute Gasteiger partial charge is 0.326 e. The monoisotopic (exact) mass is 320 g/mol. The molecule has 6 nitrogen and oxygen atoms in total.